The fraction of sp³-hybridized carbons (Fsp3) is 0.389. The standard InChI is InChI=1S/C18H19NO/c20-17-8-6-13-5-7-16(11-15(13)12-17)19-10-9-14-3-1-2-4-18(14)19/h1-4,11-13H,5-10H2. The van der Waals surface area contributed by atoms with E-state index >= 15 is 0 Å². The van der Waals surface area contributed by atoms with Crippen LogP contribution in [-0.4, -0.2) is 12.3 Å². The van der Waals surface area contributed by atoms with Gasteiger partial charge in [0.05, 0.1) is 0 Å². The van der Waals surface area contributed by atoms with Gasteiger partial charge in [-0.25, -0.2) is 0 Å². The van der Waals surface area contributed by atoms with Gasteiger partial charge < -0.3 is 4.90 Å². The van der Waals surface area contributed by atoms with E-state index in [1.807, 2.05) is 6.08 Å². The van der Waals surface area contributed by atoms with Crippen molar-refractivity contribution in [1.82, 2.24) is 0 Å². The van der Waals surface area contributed by atoms with Crippen LogP contribution in [0.3, 0.4) is 0 Å². The highest BCUT2D eigenvalue weighted by Gasteiger charge is 2.28. The second kappa shape index (κ2) is 4.62. The van der Waals surface area contributed by atoms with E-state index in [1.54, 1.807) is 0 Å². The van der Waals surface area contributed by atoms with Crippen LogP contribution >= 0.6 is 0 Å². The van der Waals surface area contributed by atoms with Crippen LogP contribution in [0.5, 0.6) is 0 Å². The third kappa shape index (κ3) is 1.91. The lowest BCUT2D eigenvalue weighted by Crippen LogP contribution is -2.25. The predicted molar refractivity (Wildman–Crippen MR) is 80.6 cm³/mol. The van der Waals surface area contributed by atoms with Gasteiger partial charge in [-0.2, -0.15) is 0 Å². The van der Waals surface area contributed by atoms with Crippen LogP contribution in [0, 0.1) is 5.92 Å². The average molecular weight is 265 g/mol. The van der Waals surface area contributed by atoms with Gasteiger partial charge in [-0.15, -0.1) is 0 Å². The molecule has 0 radical (unpaired) electrons. The Balaban J connectivity index is 1.69. The van der Waals surface area contributed by atoms with E-state index in [9.17, 15) is 4.79 Å². The lowest BCUT2D eigenvalue weighted by Gasteiger charge is -2.32. The number of carbonyl (C=O) groups is 1. The van der Waals surface area contributed by atoms with Gasteiger partial charge in [0.25, 0.3) is 0 Å². The molecule has 0 N–H and O–H groups in total. The van der Waals surface area contributed by atoms with E-state index in [2.05, 4.69) is 35.2 Å². The molecule has 20 heavy (non-hydrogen) atoms. The van der Waals surface area contributed by atoms with Crippen molar-refractivity contribution >= 4 is 11.5 Å². The van der Waals surface area contributed by atoms with E-state index in [0.717, 1.165) is 32.2 Å². The van der Waals surface area contributed by atoms with Crippen molar-refractivity contribution in [2.24, 2.45) is 5.92 Å². The number of ketones is 1. The molecule has 2 heteroatoms. The maximum absolute atomic E-state index is 11.6. The first-order valence-electron chi connectivity index (χ1n) is 7.62. The van der Waals surface area contributed by atoms with Crippen LogP contribution in [-0.2, 0) is 11.2 Å². The number of hydrogen-bond donors (Lipinski definition) is 0. The number of fused-ring (bicyclic) bond motifs is 2. The summed E-state index contributed by atoms with van der Waals surface area (Å²) >= 11 is 0. The normalized spacial score (nSPS) is 24.9. The molecule has 1 atom stereocenters. The van der Waals surface area contributed by atoms with E-state index < -0.39 is 0 Å². The minimum Gasteiger partial charge on any atom is -0.345 e. The summed E-state index contributed by atoms with van der Waals surface area (Å²) in [4.78, 5) is 14.1. The second-order valence-electron chi connectivity index (χ2n) is 6.05. The van der Waals surface area contributed by atoms with Gasteiger partial charge in [-0.05, 0) is 61.0 Å². The van der Waals surface area contributed by atoms with Crippen molar-refractivity contribution in [3.05, 3.63) is 53.3 Å². The van der Waals surface area contributed by atoms with Crippen LogP contribution in [0.2, 0.25) is 0 Å². The molecule has 1 aliphatic heterocycles. The Labute approximate surface area is 119 Å². The van der Waals surface area contributed by atoms with E-state index in [4.69, 9.17) is 0 Å². The Morgan fingerprint density at radius 3 is 2.80 bits per heavy atom. The zero-order valence-corrected chi connectivity index (χ0v) is 11.6. The summed E-state index contributed by atoms with van der Waals surface area (Å²) in [6.45, 7) is 1.08. The van der Waals surface area contributed by atoms with Gasteiger partial charge in [0.2, 0.25) is 0 Å². The van der Waals surface area contributed by atoms with Gasteiger partial charge in [-0.1, -0.05) is 18.2 Å². The fourth-order valence-electron chi connectivity index (χ4n) is 3.77. The number of carbonyl (C=O) groups excluding carboxylic acids is 1. The van der Waals surface area contributed by atoms with Gasteiger partial charge in [0.15, 0.2) is 5.78 Å². The molecule has 4 rings (SSSR count). The van der Waals surface area contributed by atoms with Crippen LogP contribution in [0.1, 0.15) is 31.2 Å². The molecule has 2 aliphatic carbocycles. The highest BCUT2D eigenvalue weighted by Crippen LogP contribution is 2.39. The van der Waals surface area contributed by atoms with Crippen molar-refractivity contribution in [3.63, 3.8) is 0 Å². The molecular weight excluding hydrogens is 246 g/mol. The zero-order valence-electron chi connectivity index (χ0n) is 11.6. The maximum atomic E-state index is 11.6. The van der Waals surface area contributed by atoms with E-state index in [0.29, 0.717) is 11.7 Å². The summed E-state index contributed by atoms with van der Waals surface area (Å²) in [5.41, 5.74) is 5.48. The lowest BCUT2D eigenvalue weighted by atomic mass is 9.79. The first-order valence-corrected chi connectivity index (χ1v) is 7.62. The second-order valence-corrected chi connectivity index (χ2v) is 6.05. The highest BCUT2D eigenvalue weighted by molar-refractivity contribution is 5.92. The summed E-state index contributed by atoms with van der Waals surface area (Å²) < 4.78 is 0. The van der Waals surface area contributed by atoms with Gasteiger partial charge >= 0.3 is 0 Å². The number of hydrogen-bond acceptors (Lipinski definition) is 2. The van der Waals surface area contributed by atoms with Crippen molar-refractivity contribution < 1.29 is 4.79 Å². The molecule has 0 bridgehead atoms. The molecule has 0 saturated heterocycles. The maximum Gasteiger partial charge on any atom is 0.155 e. The first kappa shape index (κ1) is 12.0. The molecule has 0 spiro atoms. The molecule has 2 nitrogen and oxygen atoms in total. The Morgan fingerprint density at radius 2 is 1.85 bits per heavy atom. The Morgan fingerprint density at radius 1 is 1.00 bits per heavy atom. The van der Waals surface area contributed by atoms with Gasteiger partial charge in [-0.3, -0.25) is 4.79 Å². The fourth-order valence-corrected chi connectivity index (χ4v) is 3.77. The lowest BCUT2D eigenvalue weighted by molar-refractivity contribution is -0.115. The molecule has 3 aliphatic rings. The summed E-state index contributed by atoms with van der Waals surface area (Å²) in [7, 11) is 0. The SMILES string of the molecule is O=C1C=C2C=C(N3CCc4ccccc43)CCC2CC1. The first-order chi connectivity index (χ1) is 9.81. The number of anilines is 1. The summed E-state index contributed by atoms with van der Waals surface area (Å²) in [6, 6.07) is 8.68. The third-order valence-electron chi connectivity index (χ3n) is 4.85. The van der Waals surface area contributed by atoms with Crippen molar-refractivity contribution in [1.29, 1.82) is 0 Å². The Kier molecular flexibility index (Phi) is 2.76. The molecular formula is C18H19NO. The van der Waals surface area contributed by atoms with E-state index in [1.165, 1.54) is 28.9 Å². The largest absolute Gasteiger partial charge is 0.345 e. The minimum atomic E-state index is 0.301. The molecule has 1 unspecified atom stereocenters. The number of para-hydroxylation sites is 1. The number of benzene rings is 1. The highest BCUT2D eigenvalue weighted by atomic mass is 16.1. The topological polar surface area (TPSA) is 20.3 Å². The minimum absolute atomic E-state index is 0.301. The van der Waals surface area contributed by atoms with E-state index in [-0.39, 0.29) is 0 Å². The van der Waals surface area contributed by atoms with Crippen LogP contribution in [0.15, 0.2) is 47.7 Å². The monoisotopic (exact) mass is 265 g/mol. The Bertz CT molecular complexity index is 626. The molecule has 1 heterocycles. The molecule has 1 aromatic carbocycles. The zero-order chi connectivity index (χ0) is 13.5. The number of allylic oxidation sites excluding steroid dienone is 4. The average Bonchev–Trinajstić information content (AvgIpc) is 2.90. The molecule has 0 amide bonds. The van der Waals surface area contributed by atoms with Crippen molar-refractivity contribution in [3.8, 4) is 0 Å². The number of rotatable bonds is 1. The quantitative estimate of drug-likeness (QED) is 0.772. The molecule has 102 valence electrons. The molecule has 0 saturated carbocycles. The summed E-state index contributed by atoms with van der Waals surface area (Å²) in [6.07, 6.45) is 9.43. The van der Waals surface area contributed by atoms with Gasteiger partial charge in [0.1, 0.15) is 0 Å². The van der Waals surface area contributed by atoms with Crippen molar-refractivity contribution in [2.45, 2.75) is 32.1 Å². The Hall–Kier alpha value is -1.83. The molecule has 1 aromatic rings. The van der Waals surface area contributed by atoms with Gasteiger partial charge in [0, 0.05) is 24.4 Å². The van der Waals surface area contributed by atoms with Crippen LogP contribution in [0.4, 0.5) is 5.69 Å². The number of nitrogens with zero attached hydrogens (tertiary/aromatic N) is 1. The van der Waals surface area contributed by atoms with Crippen LogP contribution in [0.25, 0.3) is 0 Å². The summed E-state index contributed by atoms with van der Waals surface area (Å²) in [5.74, 6) is 0.921. The smallest absolute Gasteiger partial charge is 0.155 e. The summed E-state index contributed by atoms with van der Waals surface area (Å²) in [5, 5.41) is 0. The molecule has 0 fully saturated rings. The van der Waals surface area contributed by atoms with Crippen molar-refractivity contribution in [2.75, 3.05) is 11.4 Å². The third-order valence-corrected chi connectivity index (χ3v) is 4.85. The molecule has 0 aromatic heterocycles. The van der Waals surface area contributed by atoms with Crippen LogP contribution < -0.4 is 4.90 Å². The predicted octanol–water partition coefficient (Wildman–Crippen LogP) is 3.63.